The summed E-state index contributed by atoms with van der Waals surface area (Å²) in [4.78, 5) is 5.34. The van der Waals surface area contributed by atoms with Crippen LogP contribution in [0.2, 0.25) is 0 Å². The molecule has 1 atom stereocenters. The molecule has 0 bridgehead atoms. The third-order valence-corrected chi connectivity index (χ3v) is 5.39. The Hall–Kier alpha value is -1.06. The molecule has 3 nitrogen and oxygen atoms in total. The van der Waals surface area contributed by atoms with E-state index < -0.39 is 0 Å². The Morgan fingerprint density at radius 1 is 1.09 bits per heavy atom. The first-order chi connectivity index (χ1) is 10.7. The number of rotatable bonds is 3. The van der Waals surface area contributed by atoms with Crippen LogP contribution in [0.4, 0.5) is 0 Å². The number of methoxy groups -OCH3 is 1. The number of benzene rings is 1. The van der Waals surface area contributed by atoms with Crippen LogP contribution < -0.4 is 4.74 Å². The van der Waals surface area contributed by atoms with Crippen LogP contribution in [0.15, 0.2) is 18.2 Å². The Balaban J connectivity index is 1.79. The summed E-state index contributed by atoms with van der Waals surface area (Å²) in [5.41, 5.74) is 2.97. The van der Waals surface area contributed by atoms with E-state index in [4.69, 9.17) is 4.74 Å². The maximum absolute atomic E-state index is 5.59. The minimum atomic E-state index is 0.589. The van der Waals surface area contributed by atoms with Crippen molar-refractivity contribution in [1.29, 1.82) is 0 Å². The van der Waals surface area contributed by atoms with Gasteiger partial charge in [0.1, 0.15) is 5.75 Å². The van der Waals surface area contributed by atoms with Crippen LogP contribution in [0.25, 0.3) is 0 Å². The highest BCUT2D eigenvalue weighted by Crippen LogP contribution is 2.38. The van der Waals surface area contributed by atoms with Crippen molar-refractivity contribution in [2.45, 2.75) is 51.6 Å². The summed E-state index contributed by atoms with van der Waals surface area (Å²) in [5, 5.41) is 0. The third-order valence-electron chi connectivity index (χ3n) is 5.39. The van der Waals surface area contributed by atoms with Crippen molar-refractivity contribution in [1.82, 2.24) is 9.80 Å². The molecule has 0 amide bonds. The van der Waals surface area contributed by atoms with Gasteiger partial charge in [0, 0.05) is 31.7 Å². The molecule has 0 aromatic heterocycles. The third kappa shape index (κ3) is 3.16. The fraction of sp³-hybridized carbons (Fsp3) is 0.684. The lowest BCUT2D eigenvalue weighted by atomic mass is 9.86. The van der Waals surface area contributed by atoms with E-state index >= 15 is 0 Å². The van der Waals surface area contributed by atoms with Gasteiger partial charge in [-0.25, -0.2) is 0 Å². The molecule has 1 aliphatic carbocycles. The highest BCUT2D eigenvalue weighted by molar-refractivity contribution is 5.43. The summed E-state index contributed by atoms with van der Waals surface area (Å²) in [5.74, 6) is 1.08. The molecule has 1 heterocycles. The molecule has 1 aliphatic heterocycles. The van der Waals surface area contributed by atoms with Crippen LogP contribution in [-0.4, -0.2) is 49.1 Å². The van der Waals surface area contributed by atoms with Crippen LogP contribution >= 0.6 is 0 Å². The van der Waals surface area contributed by atoms with Gasteiger partial charge in [-0.3, -0.25) is 9.80 Å². The zero-order chi connectivity index (χ0) is 15.5. The summed E-state index contributed by atoms with van der Waals surface area (Å²) in [6.07, 6.45) is 5.03. The first-order valence-electron chi connectivity index (χ1n) is 8.84. The van der Waals surface area contributed by atoms with Crippen LogP contribution in [0.3, 0.4) is 0 Å². The molecule has 0 N–H and O–H groups in total. The van der Waals surface area contributed by atoms with Crippen LogP contribution in [0.1, 0.15) is 50.3 Å². The summed E-state index contributed by atoms with van der Waals surface area (Å²) in [6, 6.07) is 7.86. The molecule has 2 aliphatic rings. The van der Waals surface area contributed by atoms with Gasteiger partial charge in [0.2, 0.25) is 0 Å². The number of fused-ring (bicyclic) bond motifs is 1. The fourth-order valence-corrected chi connectivity index (χ4v) is 4.15. The van der Waals surface area contributed by atoms with Crippen molar-refractivity contribution in [3.8, 4) is 5.75 Å². The van der Waals surface area contributed by atoms with Crippen LogP contribution in [0, 0.1) is 0 Å². The molecule has 1 unspecified atom stereocenters. The highest BCUT2D eigenvalue weighted by Gasteiger charge is 2.29. The SMILES string of the molecule is COc1cccc2c1CCCC2N1CCCN(C(C)C)CC1. The van der Waals surface area contributed by atoms with Crippen molar-refractivity contribution in [2.75, 3.05) is 33.3 Å². The second kappa shape index (κ2) is 7.01. The Morgan fingerprint density at radius 3 is 2.73 bits per heavy atom. The number of hydrogen-bond donors (Lipinski definition) is 0. The Labute approximate surface area is 135 Å². The normalized spacial score (nSPS) is 24.1. The number of ether oxygens (including phenoxy) is 1. The molecule has 0 radical (unpaired) electrons. The van der Waals surface area contributed by atoms with Gasteiger partial charge in [-0.05, 0) is 63.3 Å². The maximum atomic E-state index is 5.59. The zero-order valence-corrected chi connectivity index (χ0v) is 14.3. The minimum Gasteiger partial charge on any atom is -0.496 e. The van der Waals surface area contributed by atoms with Gasteiger partial charge in [0.25, 0.3) is 0 Å². The lowest BCUT2D eigenvalue weighted by Gasteiger charge is -2.36. The molecule has 0 saturated carbocycles. The maximum Gasteiger partial charge on any atom is 0.122 e. The van der Waals surface area contributed by atoms with E-state index in [0.717, 1.165) is 5.75 Å². The molecule has 122 valence electrons. The van der Waals surface area contributed by atoms with Crippen molar-refractivity contribution >= 4 is 0 Å². The van der Waals surface area contributed by atoms with Gasteiger partial charge in [0.05, 0.1) is 7.11 Å². The van der Waals surface area contributed by atoms with Crippen molar-refractivity contribution in [3.63, 3.8) is 0 Å². The molecule has 1 fully saturated rings. The lowest BCUT2D eigenvalue weighted by molar-refractivity contribution is 0.173. The zero-order valence-electron chi connectivity index (χ0n) is 14.3. The summed E-state index contributed by atoms with van der Waals surface area (Å²) in [6.45, 7) is 9.50. The molecule has 22 heavy (non-hydrogen) atoms. The average Bonchev–Trinajstić information content (AvgIpc) is 2.79. The molecule has 0 spiro atoms. The van der Waals surface area contributed by atoms with Crippen molar-refractivity contribution < 1.29 is 4.74 Å². The standard InChI is InChI=1S/C19H30N2O/c1-15(2)20-11-6-12-21(14-13-20)18-9-4-8-17-16(18)7-5-10-19(17)22-3/h5,7,10,15,18H,4,6,8-9,11-14H2,1-3H3. The summed E-state index contributed by atoms with van der Waals surface area (Å²) in [7, 11) is 1.80. The van der Waals surface area contributed by atoms with Gasteiger partial charge in [-0.15, -0.1) is 0 Å². The minimum absolute atomic E-state index is 0.589. The smallest absolute Gasteiger partial charge is 0.122 e. The predicted octanol–water partition coefficient (Wildman–Crippen LogP) is 3.49. The largest absolute Gasteiger partial charge is 0.496 e. The van der Waals surface area contributed by atoms with Gasteiger partial charge in [-0.1, -0.05) is 12.1 Å². The number of hydrogen-bond acceptors (Lipinski definition) is 3. The highest BCUT2D eigenvalue weighted by atomic mass is 16.5. The predicted molar refractivity (Wildman–Crippen MR) is 91.6 cm³/mol. The van der Waals surface area contributed by atoms with Gasteiger partial charge in [0.15, 0.2) is 0 Å². The van der Waals surface area contributed by atoms with E-state index in [0.29, 0.717) is 12.1 Å². The molecule has 3 heteroatoms. The lowest BCUT2D eigenvalue weighted by Crippen LogP contribution is -2.37. The van der Waals surface area contributed by atoms with Gasteiger partial charge < -0.3 is 4.74 Å². The Kier molecular flexibility index (Phi) is 5.04. The Morgan fingerprint density at radius 2 is 1.95 bits per heavy atom. The monoisotopic (exact) mass is 302 g/mol. The van der Waals surface area contributed by atoms with E-state index in [1.807, 2.05) is 0 Å². The topological polar surface area (TPSA) is 15.7 Å². The van der Waals surface area contributed by atoms with Crippen molar-refractivity contribution in [3.05, 3.63) is 29.3 Å². The van der Waals surface area contributed by atoms with E-state index in [2.05, 4.69) is 41.8 Å². The molecule has 1 aromatic rings. The van der Waals surface area contributed by atoms with E-state index in [9.17, 15) is 0 Å². The first kappa shape index (κ1) is 15.8. The van der Waals surface area contributed by atoms with Gasteiger partial charge >= 0.3 is 0 Å². The van der Waals surface area contributed by atoms with E-state index in [1.54, 1.807) is 7.11 Å². The molecule has 1 saturated heterocycles. The molecular weight excluding hydrogens is 272 g/mol. The molecule has 3 rings (SSSR count). The van der Waals surface area contributed by atoms with Gasteiger partial charge in [-0.2, -0.15) is 0 Å². The van der Waals surface area contributed by atoms with E-state index in [1.165, 1.54) is 63.0 Å². The van der Waals surface area contributed by atoms with E-state index in [-0.39, 0.29) is 0 Å². The second-order valence-electron chi connectivity index (χ2n) is 6.96. The Bertz CT molecular complexity index is 500. The second-order valence-corrected chi connectivity index (χ2v) is 6.96. The van der Waals surface area contributed by atoms with Crippen molar-refractivity contribution in [2.24, 2.45) is 0 Å². The summed E-state index contributed by atoms with van der Waals surface area (Å²) < 4.78 is 5.59. The number of nitrogens with zero attached hydrogens (tertiary/aromatic N) is 2. The fourth-order valence-electron chi connectivity index (χ4n) is 4.15. The quantitative estimate of drug-likeness (QED) is 0.850. The van der Waals surface area contributed by atoms with Crippen LogP contribution in [0.5, 0.6) is 5.75 Å². The first-order valence-corrected chi connectivity index (χ1v) is 8.84. The average molecular weight is 302 g/mol. The molecule has 1 aromatic carbocycles. The molecular formula is C19H30N2O. The summed E-state index contributed by atoms with van der Waals surface area (Å²) >= 11 is 0. The van der Waals surface area contributed by atoms with Crippen LogP contribution in [-0.2, 0) is 6.42 Å².